The van der Waals surface area contributed by atoms with Crippen LogP contribution in [0.25, 0.3) is 0 Å². The van der Waals surface area contributed by atoms with Crippen LogP contribution in [0.2, 0.25) is 6.04 Å². The normalized spacial score (nSPS) is 10.2. The third-order valence-electron chi connectivity index (χ3n) is 0.471. The number of rotatable bonds is 1. The van der Waals surface area contributed by atoms with Gasteiger partial charge in [-0.2, -0.15) is 0 Å². The van der Waals surface area contributed by atoms with E-state index in [0.717, 1.165) is 16.3 Å². The quantitative estimate of drug-likeness (QED) is 0.289. The molecule has 0 amide bonds. The van der Waals surface area contributed by atoms with Gasteiger partial charge in [-0.25, -0.2) is 0 Å². The Morgan fingerprint density at radius 2 is 1.80 bits per heavy atom. The highest BCUT2D eigenvalue weighted by Gasteiger charge is 1.79. The molecule has 0 aliphatic carbocycles. The number of nitrogens with two attached hydrogens (primary N) is 2. The largest absolute Gasteiger partial charge is 0.316 e. The lowest BCUT2D eigenvalue weighted by Gasteiger charge is -1.92. The van der Waals surface area contributed by atoms with E-state index in [1.54, 1.807) is 0 Å². The lowest BCUT2D eigenvalue weighted by Crippen LogP contribution is -2.29. The van der Waals surface area contributed by atoms with Gasteiger partial charge in [0.15, 0.2) is 0 Å². The van der Waals surface area contributed by atoms with Crippen molar-refractivity contribution >= 4 is 10.2 Å². The Bertz CT molecular complexity index is 21.6. The van der Waals surface area contributed by atoms with E-state index in [1.165, 1.54) is 0 Å². The summed E-state index contributed by atoms with van der Waals surface area (Å²) in [5, 5.41) is 0. The molecule has 0 atom stereocenters. The molecular weight excluding hydrogens is 80.1 g/mol. The van der Waals surface area contributed by atoms with Crippen LogP contribution in [0.1, 0.15) is 0 Å². The Balaban J connectivity index is 2.54. The predicted molar refractivity (Wildman–Crippen MR) is 26.9 cm³/mol. The second kappa shape index (κ2) is 2.38. The van der Waals surface area contributed by atoms with Gasteiger partial charge in [-0.1, -0.05) is 0 Å². The van der Waals surface area contributed by atoms with Gasteiger partial charge in [0.05, 0.1) is 0 Å². The average Bonchev–Trinajstić information content (AvgIpc) is 1.38. The van der Waals surface area contributed by atoms with Crippen LogP contribution in [0, 0.1) is 0 Å². The van der Waals surface area contributed by atoms with Crippen molar-refractivity contribution in [3.8, 4) is 0 Å². The molecule has 0 bridgehead atoms. The van der Waals surface area contributed by atoms with Gasteiger partial charge in [-0.15, -0.1) is 0 Å². The SMILES string of the molecule is NC(N)C[SiH3]. The maximum Gasteiger partial charge on any atom is 0.0488 e. The molecule has 3 heteroatoms. The lowest BCUT2D eigenvalue weighted by atomic mass is 10.6. The fraction of sp³-hybridized carbons (Fsp3) is 1.00. The van der Waals surface area contributed by atoms with Crippen LogP contribution in [0.3, 0.4) is 0 Å². The zero-order chi connectivity index (χ0) is 4.28. The maximum absolute atomic E-state index is 5.10. The summed E-state index contributed by atoms with van der Waals surface area (Å²) >= 11 is 0. The Morgan fingerprint density at radius 1 is 1.60 bits per heavy atom. The minimum absolute atomic E-state index is 0.0540. The van der Waals surface area contributed by atoms with E-state index in [-0.39, 0.29) is 6.17 Å². The van der Waals surface area contributed by atoms with Crippen LogP contribution in [-0.4, -0.2) is 16.4 Å². The van der Waals surface area contributed by atoms with Crippen molar-refractivity contribution in [3.63, 3.8) is 0 Å². The van der Waals surface area contributed by atoms with Crippen LogP contribution in [0.4, 0.5) is 0 Å². The topological polar surface area (TPSA) is 52.0 Å². The molecule has 0 unspecified atom stereocenters. The van der Waals surface area contributed by atoms with Crippen molar-refractivity contribution in [1.82, 2.24) is 0 Å². The highest BCUT2D eigenvalue weighted by atomic mass is 28.1. The fourth-order valence-electron chi connectivity index (χ4n) is 0. The van der Waals surface area contributed by atoms with Crippen molar-refractivity contribution in [3.05, 3.63) is 0 Å². The average molecular weight is 90.2 g/mol. The molecular formula is C2H10N2Si. The molecule has 0 rings (SSSR count). The molecule has 0 saturated heterocycles. The first-order chi connectivity index (χ1) is 2.27. The van der Waals surface area contributed by atoms with Crippen LogP contribution in [0.5, 0.6) is 0 Å². The molecule has 0 radical (unpaired) electrons. The van der Waals surface area contributed by atoms with Gasteiger partial charge >= 0.3 is 0 Å². The van der Waals surface area contributed by atoms with E-state index >= 15 is 0 Å². The number of hydrogen-bond donors (Lipinski definition) is 2. The molecule has 0 saturated carbocycles. The van der Waals surface area contributed by atoms with Gasteiger partial charge in [0.1, 0.15) is 0 Å². The van der Waals surface area contributed by atoms with Gasteiger partial charge in [-0.3, -0.25) is 0 Å². The van der Waals surface area contributed by atoms with Crippen molar-refractivity contribution < 1.29 is 0 Å². The minimum atomic E-state index is -0.0540. The van der Waals surface area contributed by atoms with E-state index in [4.69, 9.17) is 11.5 Å². The molecule has 0 fully saturated rings. The molecule has 32 valence electrons. The molecule has 5 heavy (non-hydrogen) atoms. The fourth-order valence-corrected chi connectivity index (χ4v) is 0. The Hall–Kier alpha value is 0.137. The monoisotopic (exact) mass is 90.1 g/mol. The molecule has 0 heterocycles. The first-order valence-corrected chi connectivity index (χ1v) is 3.20. The van der Waals surface area contributed by atoms with Gasteiger partial charge in [0.2, 0.25) is 0 Å². The zero-order valence-electron chi connectivity index (χ0n) is 3.44. The third kappa shape index (κ3) is 4.14. The van der Waals surface area contributed by atoms with Crippen LogP contribution >= 0.6 is 0 Å². The van der Waals surface area contributed by atoms with E-state index in [9.17, 15) is 0 Å². The summed E-state index contributed by atoms with van der Waals surface area (Å²) in [5.41, 5.74) is 10.2. The number of hydrogen-bond acceptors (Lipinski definition) is 2. The first kappa shape index (κ1) is 5.14. The lowest BCUT2D eigenvalue weighted by molar-refractivity contribution is 0.789. The van der Waals surface area contributed by atoms with E-state index in [0.29, 0.717) is 0 Å². The van der Waals surface area contributed by atoms with Crippen molar-refractivity contribution in [2.45, 2.75) is 12.2 Å². The van der Waals surface area contributed by atoms with Crippen LogP contribution < -0.4 is 11.5 Å². The molecule has 0 aromatic carbocycles. The van der Waals surface area contributed by atoms with Crippen LogP contribution in [-0.2, 0) is 0 Å². The predicted octanol–water partition coefficient (Wildman–Crippen LogP) is -1.99. The van der Waals surface area contributed by atoms with Crippen molar-refractivity contribution in [2.24, 2.45) is 11.5 Å². The Kier molecular flexibility index (Phi) is 2.44. The summed E-state index contributed by atoms with van der Waals surface area (Å²) in [7, 11) is 1.12. The molecule has 0 spiro atoms. The van der Waals surface area contributed by atoms with Gasteiger partial charge in [0, 0.05) is 16.4 Å². The second-order valence-corrected chi connectivity index (χ2v) is 1.89. The summed E-state index contributed by atoms with van der Waals surface area (Å²) in [4.78, 5) is 0. The highest BCUT2D eigenvalue weighted by Crippen LogP contribution is 1.63. The Labute approximate surface area is 35.0 Å². The van der Waals surface area contributed by atoms with E-state index in [1.807, 2.05) is 0 Å². The minimum Gasteiger partial charge on any atom is -0.316 e. The Morgan fingerprint density at radius 3 is 1.80 bits per heavy atom. The summed E-state index contributed by atoms with van der Waals surface area (Å²) < 4.78 is 0. The summed E-state index contributed by atoms with van der Waals surface area (Å²) in [6, 6.07) is 1.00. The van der Waals surface area contributed by atoms with E-state index in [2.05, 4.69) is 0 Å². The molecule has 0 aromatic rings. The van der Waals surface area contributed by atoms with Gasteiger partial charge in [-0.05, 0) is 6.04 Å². The standard InChI is InChI=1S/C2H10N2Si/c3-2(4)1-5/h2H,1,3-4H2,5H3. The zero-order valence-corrected chi connectivity index (χ0v) is 5.44. The second-order valence-electron chi connectivity index (χ2n) is 1.07. The maximum atomic E-state index is 5.10. The summed E-state index contributed by atoms with van der Waals surface area (Å²) in [6.45, 7) is 0. The van der Waals surface area contributed by atoms with Gasteiger partial charge in [0.25, 0.3) is 0 Å². The van der Waals surface area contributed by atoms with E-state index < -0.39 is 0 Å². The van der Waals surface area contributed by atoms with Crippen molar-refractivity contribution in [2.75, 3.05) is 0 Å². The van der Waals surface area contributed by atoms with Crippen LogP contribution in [0.15, 0.2) is 0 Å². The summed E-state index contributed by atoms with van der Waals surface area (Å²) in [5.74, 6) is 0. The molecule has 4 N–H and O–H groups in total. The molecule has 2 nitrogen and oxygen atoms in total. The molecule has 0 aliphatic heterocycles. The summed E-state index contributed by atoms with van der Waals surface area (Å²) in [6.07, 6.45) is -0.0540. The van der Waals surface area contributed by atoms with Crippen molar-refractivity contribution in [1.29, 1.82) is 0 Å². The highest BCUT2D eigenvalue weighted by molar-refractivity contribution is 6.08. The smallest absolute Gasteiger partial charge is 0.0488 e. The van der Waals surface area contributed by atoms with Gasteiger partial charge < -0.3 is 11.5 Å². The molecule has 0 aliphatic rings. The third-order valence-corrected chi connectivity index (χ3v) is 1.41. The first-order valence-electron chi connectivity index (χ1n) is 1.78. The molecule has 0 aromatic heterocycles.